The number of hydrogen-bond donors (Lipinski definition) is 7. The highest BCUT2D eigenvalue weighted by molar-refractivity contribution is 5.95. The number of nitrogens with one attached hydrogen (secondary N) is 2. The van der Waals surface area contributed by atoms with Crippen molar-refractivity contribution < 1.29 is 44.4 Å². The first-order chi connectivity index (χ1) is 13.9. The Morgan fingerprint density at radius 2 is 1.60 bits per heavy atom. The van der Waals surface area contributed by atoms with Crippen molar-refractivity contribution in [1.82, 2.24) is 15.5 Å². The number of aliphatic carboxylic acids is 2. The summed E-state index contributed by atoms with van der Waals surface area (Å²) in [6.45, 7) is 2.51. The third-order valence-corrected chi connectivity index (χ3v) is 4.66. The zero-order chi connectivity index (χ0) is 23.2. The molecule has 1 heterocycles. The molecule has 0 aromatic carbocycles. The Bertz CT molecular complexity index is 682. The second kappa shape index (κ2) is 10.8. The van der Waals surface area contributed by atoms with E-state index in [1.807, 2.05) is 5.32 Å². The summed E-state index contributed by atoms with van der Waals surface area (Å²) in [5, 5.41) is 41.5. The minimum absolute atomic E-state index is 0.166. The first-order valence-corrected chi connectivity index (χ1v) is 9.34. The van der Waals surface area contributed by atoms with Gasteiger partial charge in [0.1, 0.15) is 12.1 Å². The van der Waals surface area contributed by atoms with Crippen LogP contribution in [0, 0.1) is 0 Å². The van der Waals surface area contributed by atoms with Gasteiger partial charge in [-0.1, -0.05) is 0 Å². The van der Waals surface area contributed by atoms with E-state index in [0.717, 1.165) is 11.8 Å². The summed E-state index contributed by atoms with van der Waals surface area (Å²) in [4.78, 5) is 60.4. The molecular weight excluding hydrogens is 404 g/mol. The molecule has 8 N–H and O–H groups in total. The Morgan fingerprint density at radius 1 is 1.03 bits per heavy atom. The van der Waals surface area contributed by atoms with Crippen LogP contribution in [-0.4, -0.2) is 97.9 Å². The molecule has 1 aliphatic rings. The second-order valence-corrected chi connectivity index (χ2v) is 7.19. The van der Waals surface area contributed by atoms with E-state index in [4.69, 9.17) is 15.9 Å². The van der Waals surface area contributed by atoms with Gasteiger partial charge < -0.3 is 41.7 Å². The zero-order valence-electron chi connectivity index (χ0n) is 16.6. The fraction of sp³-hybridized carbons (Fsp3) is 0.706. The lowest BCUT2D eigenvalue weighted by atomic mass is 10.1. The molecule has 1 rings (SSSR count). The van der Waals surface area contributed by atoms with Gasteiger partial charge >= 0.3 is 11.9 Å². The first kappa shape index (κ1) is 25.3. The van der Waals surface area contributed by atoms with E-state index < -0.39 is 72.5 Å². The zero-order valence-corrected chi connectivity index (χ0v) is 16.6. The number of hydrogen-bond acceptors (Lipinski definition) is 8. The molecule has 0 aromatic heterocycles. The highest BCUT2D eigenvalue weighted by atomic mass is 16.4. The topological polar surface area (TPSA) is 220 Å². The standard InChI is InChI=1S/C17H28N4O9/c1-7(22)12(15(27)20-13(8(2)23)17(29)30)19-14(26)10-4-3-5-21(10)16(28)9(18)6-11(24)25/h7-10,12-13,22-23H,3-6,18H2,1-2H3,(H,19,26)(H,20,27)(H,24,25)(H,29,30). The van der Waals surface area contributed by atoms with Crippen LogP contribution < -0.4 is 16.4 Å². The molecule has 13 nitrogen and oxygen atoms in total. The number of nitrogens with zero attached hydrogens (tertiary/aromatic N) is 1. The molecule has 1 saturated heterocycles. The van der Waals surface area contributed by atoms with Crippen molar-refractivity contribution in [2.24, 2.45) is 5.73 Å². The molecule has 0 bridgehead atoms. The van der Waals surface area contributed by atoms with Crippen molar-refractivity contribution in [3.8, 4) is 0 Å². The fourth-order valence-electron chi connectivity index (χ4n) is 3.08. The molecule has 13 heteroatoms. The van der Waals surface area contributed by atoms with Gasteiger partial charge in [0.25, 0.3) is 0 Å². The summed E-state index contributed by atoms with van der Waals surface area (Å²) in [7, 11) is 0. The van der Waals surface area contributed by atoms with Crippen LogP contribution in [0.2, 0.25) is 0 Å². The minimum Gasteiger partial charge on any atom is -0.481 e. The molecule has 170 valence electrons. The lowest BCUT2D eigenvalue weighted by Crippen LogP contribution is -2.60. The van der Waals surface area contributed by atoms with Gasteiger partial charge in [-0.2, -0.15) is 0 Å². The number of nitrogens with two attached hydrogens (primary N) is 1. The third-order valence-electron chi connectivity index (χ3n) is 4.66. The smallest absolute Gasteiger partial charge is 0.328 e. The lowest BCUT2D eigenvalue weighted by Gasteiger charge is -2.29. The average molecular weight is 432 g/mol. The van der Waals surface area contributed by atoms with E-state index in [9.17, 15) is 34.2 Å². The lowest BCUT2D eigenvalue weighted by molar-refractivity contribution is -0.146. The SMILES string of the molecule is CC(O)C(NC(=O)C(NC(=O)C1CCCN1C(=O)C(N)CC(=O)O)C(C)O)C(=O)O. The minimum atomic E-state index is -1.66. The number of amides is 3. The second-order valence-electron chi connectivity index (χ2n) is 7.19. The van der Waals surface area contributed by atoms with Gasteiger partial charge in [0.2, 0.25) is 17.7 Å². The maximum Gasteiger partial charge on any atom is 0.328 e. The van der Waals surface area contributed by atoms with E-state index >= 15 is 0 Å². The predicted octanol–water partition coefficient (Wildman–Crippen LogP) is -3.40. The van der Waals surface area contributed by atoms with Crippen LogP contribution in [0.1, 0.15) is 33.1 Å². The Labute approximate surface area is 172 Å². The van der Waals surface area contributed by atoms with Gasteiger partial charge in [0.15, 0.2) is 6.04 Å². The van der Waals surface area contributed by atoms with Crippen molar-refractivity contribution in [2.75, 3.05) is 6.54 Å². The van der Waals surface area contributed by atoms with Crippen LogP contribution in [0.3, 0.4) is 0 Å². The molecule has 1 fully saturated rings. The Morgan fingerprint density at radius 3 is 2.07 bits per heavy atom. The molecule has 6 unspecified atom stereocenters. The van der Waals surface area contributed by atoms with Gasteiger partial charge in [0.05, 0.1) is 24.7 Å². The van der Waals surface area contributed by atoms with Gasteiger partial charge in [-0.3, -0.25) is 19.2 Å². The van der Waals surface area contributed by atoms with Crippen LogP contribution in [0.25, 0.3) is 0 Å². The predicted molar refractivity (Wildman–Crippen MR) is 99.8 cm³/mol. The van der Waals surface area contributed by atoms with E-state index in [0.29, 0.717) is 6.42 Å². The number of carboxylic acid groups (broad SMARTS) is 2. The van der Waals surface area contributed by atoms with Crippen molar-refractivity contribution in [1.29, 1.82) is 0 Å². The van der Waals surface area contributed by atoms with Crippen molar-refractivity contribution in [3.05, 3.63) is 0 Å². The number of carbonyl (C=O) groups is 5. The molecule has 0 aliphatic carbocycles. The van der Waals surface area contributed by atoms with Crippen LogP contribution >= 0.6 is 0 Å². The summed E-state index contributed by atoms with van der Waals surface area (Å²) in [6, 6.07) is -5.58. The normalized spacial score (nSPS) is 21.1. The Kier molecular flexibility index (Phi) is 9.14. The van der Waals surface area contributed by atoms with Crippen molar-refractivity contribution in [3.63, 3.8) is 0 Å². The van der Waals surface area contributed by atoms with E-state index in [1.54, 1.807) is 0 Å². The monoisotopic (exact) mass is 432 g/mol. The summed E-state index contributed by atoms with van der Waals surface area (Å²) < 4.78 is 0. The van der Waals surface area contributed by atoms with Crippen LogP contribution in [0.5, 0.6) is 0 Å². The molecule has 3 amide bonds. The molecule has 1 aliphatic heterocycles. The van der Waals surface area contributed by atoms with Crippen LogP contribution in [0.15, 0.2) is 0 Å². The third kappa shape index (κ3) is 6.64. The molecule has 6 atom stereocenters. The summed E-state index contributed by atoms with van der Waals surface area (Å²) in [5.74, 6) is -5.33. The summed E-state index contributed by atoms with van der Waals surface area (Å²) in [5.41, 5.74) is 5.58. The van der Waals surface area contributed by atoms with Crippen molar-refractivity contribution >= 4 is 29.7 Å². The summed E-state index contributed by atoms with van der Waals surface area (Å²) >= 11 is 0. The number of aliphatic hydroxyl groups is 2. The van der Waals surface area contributed by atoms with E-state index in [-0.39, 0.29) is 13.0 Å². The van der Waals surface area contributed by atoms with Crippen molar-refractivity contribution in [2.45, 2.75) is 69.5 Å². The number of carboxylic acids is 2. The van der Waals surface area contributed by atoms with Gasteiger partial charge in [-0.15, -0.1) is 0 Å². The molecule has 0 saturated carbocycles. The van der Waals surface area contributed by atoms with E-state index in [2.05, 4.69) is 5.32 Å². The molecule has 0 radical (unpaired) electrons. The summed E-state index contributed by atoms with van der Waals surface area (Å²) in [6.07, 6.45) is -2.79. The van der Waals surface area contributed by atoms with Crippen LogP contribution in [0.4, 0.5) is 0 Å². The van der Waals surface area contributed by atoms with Gasteiger partial charge in [0, 0.05) is 6.54 Å². The number of likely N-dealkylation sites (tertiary alicyclic amines) is 1. The highest BCUT2D eigenvalue weighted by Crippen LogP contribution is 2.19. The van der Waals surface area contributed by atoms with Gasteiger partial charge in [-0.05, 0) is 26.7 Å². The molecule has 30 heavy (non-hydrogen) atoms. The Balaban J connectivity index is 2.89. The van der Waals surface area contributed by atoms with Crippen LogP contribution in [-0.2, 0) is 24.0 Å². The van der Waals surface area contributed by atoms with Gasteiger partial charge in [-0.25, -0.2) is 4.79 Å². The average Bonchev–Trinajstić information content (AvgIpc) is 3.11. The Hall–Kier alpha value is -2.77. The quantitative estimate of drug-likeness (QED) is 0.181. The first-order valence-electron chi connectivity index (χ1n) is 9.34. The molecule has 0 spiro atoms. The van der Waals surface area contributed by atoms with E-state index in [1.165, 1.54) is 6.92 Å². The maximum atomic E-state index is 12.7. The molecule has 0 aromatic rings. The number of aliphatic hydroxyl groups excluding tert-OH is 2. The fourth-order valence-corrected chi connectivity index (χ4v) is 3.08. The largest absolute Gasteiger partial charge is 0.481 e. The number of carbonyl (C=O) groups excluding carboxylic acids is 3. The number of rotatable bonds is 10. The highest BCUT2D eigenvalue weighted by Gasteiger charge is 2.39. The molecular formula is C17H28N4O9. The maximum absolute atomic E-state index is 12.7.